The predicted molar refractivity (Wildman–Crippen MR) is 52.9 cm³/mol. The van der Waals surface area contributed by atoms with E-state index in [0.717, 1.165) is 0 Å². The van der Waals surface area contributed by atoms with Gasteiger partial charge in [0.25, 0.3) is 0 Å². The molecule has 1 aromatic rings. The first-order chi connectivity index (χ1) is 7.00. The molecule has 1 unspecified atom stereocenters. The molecule has 0 aliphatic rings. The van der Waals surface area contributed by atoms with Crippen LogP contribution in [0.25, 0.3) is 0 Å². The molecule has 1 atom stereocenters. The number of amides is 2. The van der Waals surface area contributed by atoms with Crippen LogP contribution in [0.5, 0.6) is 0 Å². The Bertz CT molecular complexity index is 398. The number of anilines is 2. The van der Waals surface area contributed by atoms with Crippen molar-refractivity contribution in [2.45, 2.75) is 0 Å². The van der Waals surface area contributed by atoms with E-state index in [2.05, 4.69) is 4.28 Å². The van der Waals surface area contributed by atoms with Gasteiger partial charge in [-0.1, -0.05) is 6.07 Å². The molecule has 1 rings (SSSR count). The lowest BCUT2D eigenvalue weighted by Crippen LogP contribution is -2.36. The Kier molecular flexibility index (Phi) is 3.61. The Hall–Kier alpha value is -1.64. The van der Waals surface area contributed by atoms with Gasteiger partial charge in [0.15, 0.2) is 0 Å². The second kappa shape index (κ2) is 4.73. The number of nitrogens with zero attached hydrogens (tertiary/aromatic N) is 1. The summed E-state index contributed by atoms with van der Waals surface area (Å²) in [4.78, 5) is 10.9. The number of carbonyl (C=O) groups excluding carboxylic acids is 1. The van der Waals surface area contributed by atoms with Gasteiger partial charge >= 0.3 is 6.03 Å². The summed E-state index contributed by atoms with van der Waals surface area (Å²) in [6.07, 6.45) is 0. The molecule has 0 spiro atoms. The van der Waals surface area contributed by atoms with Crippen molar-refractivity contribution in [2.24, 2.45) is 5.73 Å². The minimum atomic E-state index is -2.89. The van der Waals surface area contributed by atoms with Crippen molar-refractivity contribution in [3.63, 3.8) is 0 Å². The molecule has 4 N–H and O–H groups in total. The van der Waals surface area contributed by atoms with Crippen molar-refractivity contribution in [1.29, 1.82) is 0 Å². The highest BCUT2D eigenvalue weighted by Crippen LogP contribution is 2.17. The Balaban J connectivity index is 2.98. The molecule has 0 aromatic heterocycles. The van der Waals surface area contributed by atoms with Crippen LogP contribution in [0.2, 0.25) is 0 Å². The van der Waals surface area contributed by atoms with Crippen LogP contribution in [0.1, 0.15) is 0 Å². The number of hydrogen-bond acceptors (Lipinski definition) is 5. The molecule has 0 saturated carbocycles. The minimum Gasteiger partial charge on any atom is -0.748 e. The fourth-order valence-electron chi connectivity index (χ4n) is 0.919. The van der Waals surface area contributed by atoms with Crippen LogP contribution in [0.3, 0.4) is 0 Å². The molecule has 0 radical (unpaired) electrons. The van der Waals surface area contributed by atoms with Crippen molar-refractivity contribution in [2.75, 3.05) is 10.8 Å². The number of hydrogen-bond donors (Lipinski definition) is 2. The van der Waals surface area contributed by atoms with Gasteiger partial charge in [-0.25, -0.2) is 9.00 Å². The Morgan fingerprint density at radius 2 is 2.20 bits per heavy atom. The number of urea groups is 1. The maximum atomic E-state index is 10.9. The van der Waals surface area contributed by atoms with E-state index < -0.39 is 17.4 Å². The maximum Gasteiger partial charge on any atom is 0.344 e. The third-order valence-corrected chi connectivity index (χ3v) is 1.71. The van der Waals surface area contributed by atoms with Crippen LogP contribution in [0.15, 0.2) is 24.3 Å². The average molecular weight is 230 g/mol. The Morgan fingerprint density at radius 1 is 1.53 bits per heavy atom. The SMILES string of the molecule is NC(=O)N(OS(=O)[O-])c1cccc(N)c1. The van der Waals surface area contributed by atoms with Crippen LogP contribution in [-0.4, -0.2) is 14.8 Å². The van der Waals surface area contributed by atoms with E-state index in [1.807, 2.05) is 0 Å². The summed E-state index contributed by atoms with van der Waals surface area (Å²) in [6.45, 7) is 0. The van der Waals surface area contributed by atoms with Gasteiger partial charge < -0.3 is 16.0 Å². The molecular weight excluding hydrogens is 222 g/mol. The fraction of sp³-hybridized carbons (Fsp3) is 0. The average Bonchev–Trinajstić information content (AvgIpc) is 2.13. The van der Waals surface area contributed by atoms with Gasteiger partial charge in [0.05, 0.1) is 5.69 Å². The third kappa shape index (κ3) is 3.20. The van der Waals surface area contributed by atoms with Gasteiger partial charge in [-0.2, -0.15) is 9.35 Å². The molecule has 82 valence electrons. The molecule has 8 heteroatoms. The van der Waals surface area contributed by atoms with Crippen LogP contribution >= 0.6 is 0 Å². The third-order valence-electron chi connectivity index (χ3n) is 1.44. The molecule has 0 aliphatic carbocycles. The maximum absolute atomic E-state index is 10.9. The summed E-state index contributed by atoms with van der Waals surface area (Å²) in [5.41, 5.74) is 10.8. The van der Waals surface area contributed by atoms with Crippen molar-refractivity contribution in [1.82, 2.24) is 0 Å². The van der Waals surface area contributed by atoms with Gasteiger partial charge in [-0.3, -0.25) is 0 Å². The van der Waals surface area contributed by atoms with E-state index in [0.29, 0.717) is 10.8 Å². The number of rotatable bonds is 3. The second-order valence-corrected chi connectivity index (χ2v) is 3.06. The summed E-state index contributed by atoms with van der Waals surface area (Å²) in [5.74, 6) is 0. The van der Waals surface area contributed by atoms with Crippen LogP contribution in [0.4, 0.5) is 16.2 Å². The number of benzene rings is 1. The van der Waals surface area contributed by atoms with Crippen molar-refractivity contribution >= 4 is 28.8 Å². The number of hydroxylamine groups is 1. The van der Waals surface area contributed by atoms with E-state index in [-0.39, 0.29) is 5.69 Å². The summed E-state index contributed by atoms with van der Waals surface area (Å²) in [7, 11) is 0. The van der Waals surface area contributed by atoms with Gasteiger partial charge in [0.1, 0.15) is 11.4 Å². The largest absolute Gasteiger partial charge is 0.748 e. The lowest BCUT2D eigenvalue weighted by molar-refractivity contribution is 0.220. The summed E-state index contributed by atoms with van der Waals surface area (Å²) in [5, 5.41) is 0.416. The van der Waals surface area contributed by atoms with Gasteiger partial charge in [0, 0.05) is 5.69 Å². The molecule has 0 bridgehead atoms. The van der Waals surface area contributed by atoms with Gasteiger partial charge in [-0.05, 0) is 18.2 Å². The first kappa shape index (κ1) is 11.4. The highest BCUT2D eigenvalue weighted by molar-refractivity contribution is 7.74. The quantitative estimate of drug-likeness (QED) is 0.426. The van der Waals surface area contributed by atoms with Gasteiger partial charge in [-0.15, -0.1) is 0 Å². The summed E-state index contributed by atoms with van der Waals surface area (Å²) >= 11 is -2.89. The normalized spacial score (nSPS) is 12.1. The minimum absolute atomic E-state index is 0.131. The second-order valence-electron chi connectivity index (χ2n) is 2.51. The molecule has 2 amide bonds. The number of nitrogen functional groups attached to an aromatic ring is 1. The smallest absolute Gasteiger partial charge is 0.344 e. The zero-order chi connectivity index (χ0) is 11.4. The van der Waals surface area contributed by atoms with Gasteiger partial charge in [0.2, 0.25) is 0 Å². The van der Waals surface area contributed by atoms with Crippen molar-refractivity contribution in [3.8, 4) is 0 Å². The molecule has 0 saturated heterocycles. The molecular formula is C7H8N3O4S-. The van der Waals surface area contributed by atoms with Crippen LogP contribution < -0.4 is 16.5 Å². The Labute approximate surface area is 88.1 Å². The zero-order valence-corrected chi connectivity index (χ0v) is 8.27. The van der Waals surface area contributed by atoms with E-state index in [4.69, 9.17) is 11.5 Å². The summed E-state index contributed by atoms with van der Waals surface area (Å²) in [6, 6.07) is 4.80. The number of primary amides is 1. The molecule has 0 fully saturated rings. The highest BCUT2D eigenvalue weighted by atomic mass is 32.2. The number of nitrogens with two attached hydrogens (primary N) is 2. The molecule has 15 heavy (non-hydrogen) atoms. The molecule has 0 aliphatic heterocycles. The number of carbonyl (C=O) groups is 1. The zero-order valence-electron chi connectivity index (χ0n) is 7.45. The highest BCUT2D eigenvalue weighted by Gasteiger charge is 2.14. The molecule has 1 aromatic carbocycles. The summed E-state index contributed by atoms with van der Waals surface area (Å²) < 4.78 is 24.7. The van der Waals surface area contributed by atoms with Crippen LogP contribution in [0, 0.1) is 0 Å². The van der Waals surface area contributed by atoms with E-state index in [1.165, 1.54) is 18.2 Å². The van der Waals surface area contributed by atoms with Crippen molar-refractivity contribution in [3.05, 3.63) is 24.3 Å². The van der Waals surface area contributed by atoms with E-state index in [1.54, 1.807) is 6.07 Å². The Morgan fingerprint density at radius 3 is 2.67 bits per heavy atom. The molecule has 0 heterocycles. The first-order valence-corrected chi connectivity index (χ1v) is 4.73. The molecule has 7 nitrogen and oxygen atoms in total. The van der Waals surface area contributed by atoms with E-state index >= 15 is 0 Å². The van der Waals surface area contributed by atoms with Crippen LogP contribution in [-0.2, 0) is 15.6 Å². The van der Waals surface area contributed by atoms with E-state index in [9.17, 15) is 13.6 Å². The standard InChI is InChI=1S/C7H9N3O4S/c8-5-2-1-3-6(4-5)10(7(9)11)14-15(12)13/h1-4H,8H2,(H2,9,11)(H,12,13)/p-1. The first-order valence-electron chi connectivity index (χ1n) is 3.73. The van der Waals surface area contributed by atoms with Crippen molar-refractivity contribution < 1.29 is 17.8 Å². The monoisotopic (exact) mass is 230 g/mol. The lowest BCUT2D eigenvalue weighted by Gasteiger charge is -2.19. The fourth-order valence-corrected chi connectivity index (χ4v) is 1.20. The lowest BCUT2D eigenvalue weighted by atomic mass is 10.3. The predicted octanol–water partition coefficient (Wildman–Crippen LogP) is -0.120. The topological polar surface area (TPSA) is 122 Å².